The SMILES string of the molecule is O=C1C[C@@H](N2C(=O)[C@@H]3[C@H](C2=O)[C@H]2CC[C@@H]3O2)C(=O)N1. The minimum atomic E-state index is -0.961. The second-order valence-corrected chi connectivity index (χ2v) is 5.52. The Bertz CT molecular complexity index is 502. The molecule has 2 bridgehead atoms. The Morgan fingerprint density at radius 3 is 2.05 bits per heavy atom. The van der Waals surface area contributed by atoms with Crippen LogP contribution in [0.5, 0.6) is 0 Å². The molecule has 0 aromatic carbocycles. The standard InChI is InChI=1S/C12H12N2O5/c15-7-3-4(10(16)13-7)14-11(17)8-5-1-2-6(19-5)9(8)12(14)18/h4-6,8-9H,1-3H2,(H,13,15,16)/t4-,5-,6+,8-,9+/m1/s1. The molecule has 7 heteroatoms. The zero-order chi connectivity index (χ0) is 13.3. The molecule has 4 aliphatic heterocycles. The average Bonchev–Trinajstić information content (AvgIpc) is 3.06. The summed E-state index contributed by atoms with van der Waals surface area (Å²) in [5.41, 5.74) is 0. The molecule has 7 nitrogen and oxygen atoms in total. The number of amides is 4. The van der Waals surface area contributed by atoms with Gasteiger partial charge in [-0.15, -0.1) is 0 Å². The second kappa shape index (κ2) is 3.41. The lowest BCUT2D eigenvalue weighted by Gasteiger charge is -2.21. The lowest BCUT2D eigenvalue weighted by Crippen LogP contribution is -2.46. The quantitative estimate of drug-likeness (QED) is 0.586. The summed E-state index contributed by atoms with van der Waals surface area (Å²) in [4.78, 5) is 48.6. The summed E-state index contributed by atoms with van der Waals surface area (Å²) in [6.45, 7) is 0. The maximum Gasteiger partial charge on any atom is 0.250 e. The third-order valence-electron chi connectivity index (χ3n) is 4.57. The molecular weight excluding hydrogens is 252 g/mol. The van der Waals surface area contributed by atoms with Crippen molar-refractivity contribution in [3.63, 3.8) is 0 Å². The number of fused-ring (bicyclic) bond motifs is 5. The van der Waals surface area contributed by atoms with Gasteiger partial charge >= 0.3 is 0 Å². The highest BCUT2D eigenvalue weighted by Crippen LogP contribution is 2.49. The third-order valence-corrected chi connectivity index (χ3v) is 4.57. The van der Waals surface area contributed by atoms with Gasteiger partial charge in [0.15, 0.2) is 0 Å². The van der Waals surface area contributed by atoms with Gasteiger partial charge < -0.3 is 4.74 Å². The van der Waals surface area contributed by atoms with Crippen molar-refractivity contribution in [2.45, 2.75) is 37.5 Å². The molecule has 4 amide bonds. The largest absolute Gasteiger partial charge is 0.373 e. The van der Waals surface area contributed by atoms with Crippen molar-refractivity contribution in [1.82, 2.24) is 10.2 Å². The minimum Gasteiger partial charge on any atom is -0.373 e. The van der Waals surface area contributed by atoms with E-state index < -0.39 is 29.7 Å². The molecule has 1 N–H and O–H groups in total. The van der Waals surface area contributed by atoms with Crippen LogP contribution >= 0.6 is 0 Å². The zero-order valence-electron chi connectivity index (χ0n) is 10.00. The van der Waals surface area contributed by atoms with Crippen molar-refractivity contribution < 1.29 is 23.9 Å². The molecule has 4 fully saturated rings. The van der Waals surface area contributed by atoms with Gasteiger partial charge in [-0.05, 0) is 12.8 Å². The summed E-state index contributed by atoms with van der Waals surface area (Å²) in [7, 11) is 0. The van der Waals surface area contributed by atoms with Crippen molar-refractivity contribution in [2.75, 3.05) is 0 Å². The van der Waals surface area contributed by atoms with Crippen LogP contribution in [0.25, 0.3) is 0 Å². The summed E-state index contributed by atoms with van der Waals surface area (Å²) < 4.78 is 5.60. The first kappa shape index (κ1) is 11.1. The molecular formula is C12H12N2O5. The second-order valence-electron chi connectivity index (χ2n) is 5.52. The molecule has 0 radical (unpaired) electrons. The molecule has 19 heavy (non-hydrogen) atoms. The molecule has 100 valence electrons. The van der Waals surface area contributed by atoms with Crippen LogP contribution in [0.1, 0.15) is 19.3 Å². The number of hydrogen-bond acceptors (Lipinski definition) is 5. The lowest BCUT2D eigenvalue weighted by molar-refractivity contribution is -0.148. The van der Waals surface area contributed by atoms with Crippen LogP contribution in [0.2, 0.25) is 0 Å². The van der Waals surface area contributed by atoms with Gasteiger partial charge in [0.2, 0.25) is 23.6 Å². The number of hydrogen-bond donors (Lipinski definition) is 1. The molecule has 4 aliphatic rings. The van der Waals surface area contributed by atoms with E-state index in [0.29, 0.717) is 0 Å². The number of carbonyl (C=O) groups excluding carboxylic acids is 4. The normalized spacial score (nSPS) is 44.2. The Labute approximate surface area is 108 Å². The van der Waals surface area contributed by atoms with E-state index in [1.165, 1.54) is 0 Å². The van der Waals surface area contributed by atoms with E-state index in [9.17, 15) is 19.2 Å². The molecule has 5 atom stereocenters. The number of carbonyl (C=O) groups is 4. The Balaban J connectivity index is 1.68. The van der Waals surface area contributed by atoms with Crippen molar-refractivity contribution in [3.05, 3.63) is 0 Å². The van der Waals surface area contributed by atoms with Gasteiger partial charge in [0.25, 0.3) is 0 Å². The highest BCUT2D eigenvalue weighted by molar-refractivity contribution is 6.14. The Morgan fingerprint density at radius 1 is 1.00 bits per heavy atom. The van der Waals surface area contributed by atoms with Gasteiger partial charge in [-0.25, -0.2) is 0 Å². The molecule has 0 saturated carbocycles. The van der Waals surface area contributed by atoms with Crippen LogP contribution in [-0.4, -0.2) is 46.8 Å². The van der Waals surface area contributed by atoms with E-state index in [2.05, 4.69) is 5.32 Å². The van der Waals surface area contributed by atoms with Crippen LogP contribution in [0.15, 0.2) is 0 Å². The van der Waals surface area contributed by atoms with Gasteiger partial charge in [-0.2, -0.15) is 0 Å². The molecule has 0 aliphatic carbocycles. The summed E-state index contributed by atoms with van der Waals surface area (Å²) in [5.74, 6) is -2.59. The smallest absolute Gasteiger partial charge is 0.250 e. The summed E-state index contributed by atoms with van der Waals surface area (Å²) in [6, 6.07) is -0.961. The summed E-state index contributed by atoms with van der Waals surface area (Å²) in [6.07, 6.45) is 1.06. The molecule has 0 aromatic heterocycles. The molecule has 4 heterocycles. The topological polar surface area (TPSA) is 92.8 Å². The molecule has 0 aromatic rings. The van der Waals surface area contributed by atoms with E-state index in [-0.39, 0.29) is 30.4 Å². The Hall–Kier alpha value is -1.76. The predicted molar refractivity (Wildman–Crippen MR) is 58.3 cm³/mol. The Kier molecular flexibility index (Phi) is 1.99. The average molecular weight is 264 g/mol. The van der Waals surface area contributed by atoms with Gasteiger partial charge in [-0.1, -0.05) is 0 Å². The predicted octanol–water partition coefficient (Wildman–Crippen LogP) is -1.44. The zero-order valence-corrected chi connectivity index (χ0v) is 10.00. The maximum atomic E-state index is 12.4. The van der Waals surface area contributed by atoms with Gasteiger partial charge in [0.05, 0.1) is 30.5 Å². The maximum absolute atomic E-state index is 12.4. The van der Waals surface area contributed by atoms with E-state index >= 15 is 0 Å². The number of likely N-dealkylation sites (tertiary alicyclic amines) is 1. The van der Waals surface area contributed by atoms with Crippen LogP contribution in [0.4, 0.5) is 0 Å². The first-order valence-corrected chi connectivity index (χ1v) is 6.44. The number of nitrogens with zero attached hydrogens (tertiary/aromatic N) is 1. The highest BCUT2D eigenvalue weighted by Gasteiger charge is 2.64. The number of nitrogens with one attached hydrogen (secondary N) is 1. The third kappa shape index (κ3) is 1.25. The molecule has 0 spiro atoms. The van der Waals surface area contributed by atoms with E-state index in [0.717, 1.165) is 17.7 Å². The summed E-state index contributed by atoms with van der Waals surface area (Å²) >= 11 is 0. The first-order valence-electron chi connectivity index (χ1n) is 6.44. The number of rotatable bonds is 1. The lowest BCUT2D eigenvalue weighted by atomic mass is 9.81. The minimum absolute atomic E-state index is 0.119. The van der Waals surface area contributed by atoms with Gasteiger partial charge in [0.1, 0.15) is 6.04 Å². The van der Waals surface area contributed by atoms with Gasteiger partial charge in [0, 0.05) is 0 Å². The van der Waals surface area contributed by atoms with E-state index in [4.69, 9.17) is 4.74 Å². The number of imide groups is 2. The van der Waals surface area contributed by atoms with Crippen molar-refractivity contribution in [3.8, 4) is 0 Å². The number of ether oxygens (including phenoxy) is 1. The molecule has 0 unspecified atom stereocenters. The fourth-order valence-electron chi connectivity index (χ4n) is 3.79. The fraction of sp³-hybridized carbons (Fsp3) is 0.667. The summed E-state index contributed by atoms with van der Waals surface area (Å²) in [5, 5.41) is 2.13. The highest BCUT2D eigenvalue weighted by atomic mass is 16.5. The Morgan fingerprint density at radius 2 is 1.58 bits per heavy atom. The fourth-order valence-corrected chi connectivity index (χ4v) is 3.79. The van der Waals surface area contributed by atoms with Crippen LogP contribution in [-0.2, 0) is 23.9 Å². The van der Waals surface area contributed by atoms with Crippen LogP contribution in [0, 0.1) is 11.8 Å². The monoisotopic (exact) mass is 264 g/mol. The van der Waals surface area contributed by atoms with Crippen molar-refractivity contribution in [2.24, 2.45) is 11.8 Å². The van der Waals surface area contributed by atoms with Crippen LogP contribution in [0.3, 0.4) is 0 Å². The molecule has 4 saturated heterocycles. The van der Waals surface area contributed by atoms with E-state index in [1.807, 2.05) is 0 Å². The van der Waals surface area contributed by atoms with Crippen molar-refractivity contribution in [1.29, 1.82) is 0 Å². The molecule has 4 rings (SSSR count). The van der Waals surface area contributed by atoms with E-state index in [1.54, 1.807) is 0 Å². The van der Waals surface area contributed by atoms with Crippen LogP contribution < -0.4 is 5.32 Å². The first-order chi connectivity index (χ1) is 9.08. The van der Waals surface area contributed by atoms with Gasteiger partial charge in [-0.3, -0.25) is 29.4 Å². The van der Waals surface area contributed by atoms with Crippen molar-refractivity contribution >= 4 is 23.6 Å².